The van der Waals surface area contributed by atoms with Crippen LogP contribution in [0.15, 0.2) is 35.0 Å². The highest BCUT2D eigenvalue weighted by Crippen LogP contribution is 2.15. The summed E-state index contributed by atoms with van der Waals surface area (Å²) in [6, 6.07) is 8.22. The van der Waals surface area contributed by atoms with E-state index in [1.165, 1.54) is 11.1 Å². The fourth-order valence-corrected chi connectivity index (χ4v) is 2.12. The van der Waals surface area contributed by atoms with E-state index in [0.717, 1.165) is 12.8 Å². The van der Waals surface area contributed by atoms with Gasteiger partial charge in [0.15, 0.2) is 11.5 Å². The van der Waals surface area contributed by atoms with Gasteiger partial charge in [-0.1, -0.05) is 41.6 Å². The van der Waals surface area contributed by atoms with Gasteiger partial charge in [0.2, 0.25) is 0 Å². The van der Waals surface area contributed by atoms with Gasteiger partial charge in [0.1, 0.15) is 0 Å². The number of benzene rings is 1. The topological polar surface area (TPSA) is 69.6 Å². The van der Waals surface area contributed by atoms with Crippen molar-refractivity contribution in [2.45, 2.75) is 33.2 Å². The minimum Gasteiger partial charge on any atom is -0.332 e. The van der Waals surface area contributed by atoms with Crippen LogP contribution in [-0.4, -0.2) is 25.1 Å². The molecule has 0 radical (unpaired) electrons. The lowest BCUT2D eigenvalue weighted by Gasteiger charge is -2.03. The van der Waals surface area contributed by atoms with Crippen LogP contribution in [0.2, 0.25) is 0 Å². The van der Waals surface area contributed by atoms with Crippen LogP contribution in [0.5, 0.6) is 0 Å². The van der Waals surface area contributed by atoms with Gasteiger partial charge in [0, 0.05) is 6.42 Å². The Hall–Kier alpha value is -2.50. The second-order valence-corrected chi connectivity index (χ2v) is 4.99. The van der Waals surface area contributed by atoms with Crippen molar-refractivity contribution in [3.05, 3.63) is 47.4 Å². The summed E-state index contributed by atoms with van der Waals surface area (Å²) in [5, 5.41) is 12.2. The Labute approximate surface area is 122 Å². The van der Waals surface area contributed by atoms with Crippen molar-refractivity contribution in [1.82, 2.24) is 25.1 Å². The molecule has 0 saturated heterocycles. The average Bonchev–Trinajstić information content (AvgIpc) is 3.11. The third-order valence-corrected chi connectivity index (χ3v) is 3.29. The molecule has 108 valence electrons. The lowest BCUT2D eigenvalue weighted by Crippen LogP contribution is -2.01. The van der Waals surface area contributed by atoms with Crippen LogP contribution in [-0.2, 0) is 13.0 Å². The zero-order valence-corrected chi connectivity index (χ0v) is 12.2. The Bertz CT molecular complexity index is 731. The van der Waals surface area contributed by atoms with Crippen LogP contribution in [0.1, 0.15) is 30.3 Å². The summed E-state index contributed by atoms with van der Waals surface area (Å²) in [6.07, 6.45) is 3.62. The molecule has 0 atom stereocenters. The molecule has 0 N–H and O–H groups in total. The maximum atomic E-state index is 5.21. The van der Waals surface area contributed by atoms with Crippen molar-refractivity contribution < 1.29 is 4.52 Å². The minimum absolute atomic E-state index is 0.425. The molecule has 0 aliphatic heterocycles. The number of hydrogen-bond donors (Lipinski definition) is 0. The fraction of sp³-hybridized carbons (Fsp3) is 0.333. The maximum absolute atomic E-state index is 5.21. The third kappa shape index (κ3) is 2.99. The third-order valence-electron chi connectivity index (χ3n) is 3.29. The molecule has 2 aromatic heterocycles. The summed E-state index contributed by atoms with van der Waals surface area (Å²) >= 11 is 0. The van der Waals surface area contributed by atoms with Gasteiger partial charge in [-0.2, -0.15) is 4.98 Å². The highest BCUT2D eigenvalue weighted by atomic mass is 16.5. The summed E-state index contributed by atoms with van der Waals surface area (Å²) in [5.74, 6) is 1.13. The summed E-state index contributed by atoms with van der Waals surface area (Å²) in [7, 11) is 0. The molecule has 0 unspecified atom stereocenters. The SMILES string of the molecule is CCCc1noc(-c2cn(Cc3ccccc3C)nn2)n1. The van der Waals surface area contributed by atoms with Gasteiger partial charge in [-0.3, -0.25) is 0 Å². The highest BCUT2D eigenvalue weighted by Gasteiger charge is 2.12. The molecule has 0 spiro atoms. The summed E-state index contributed by atoms with van der Waals surface area (Å²) in [5.41, 5.74) is 3.06. The highest BCUT2D eigenvalue weighted by molar-refractivity contribution is 5.43. The Balaban J connectivity index is 1.78. The molecule has 1 aromatic carbocycles. The molecule has 0 aliphatic rings. The van der Waals surface area contributed by atoms with Crippen LogP contribution in [0, 0.1) is 6.92 Å². The van der Waals surface area contributed by atoms with E-state index in [1.807, 2.05) is 18.3 Å². The first-order valence-corrected chi connectivity index (χ1v) is 7.04. The number of aryl methyl sites for hydroxylation is 2. The Morgan fingerprint density at radius 2 is 2.10 bits per heavy atom. The molecular formula is C15H17N5O. The van der Waals surface area contributed by atoms with Crippen molar-refractivity contribution in [3.63, 3.8) is 0 Å². The monoisotopic (exact) mass is 283 g/mol. The van der Waals surface area contributed by atoms with E-state index >= 15 is 0 Å². The van der Waals surface area contributed by atoms with Crippen molar-refractivity contribution in [3.8, 4) is 11.6 Å². The van der Waals surface area contributed by atoms with Gasteiger partial charge in [0.25, 0.3) is 5.89 Å². The zero-order chi connectivity index (χ0) is 14.7. The van der Waals surface area contributed by atoms with Crippen molar-refractivity contribution in [2.24, 2.45) is 0 Å². The smallest absolute Gasteiger partial charge is 0.280 e. The standard InChI is InChI=1S/C15H17N5O/c1-3-6-14-16-15(21-18-14)13-10-20(19-17-13)9-12-8-5-4-7-11(12)2/h4-5,7-8,10H,3,6,9H2,1-2H3. The van der Waals surface area contributed by atoms with Gasteiger partial charge >= 0.3 is 0 Å². The van der Waals surface area contributed by atoms with E-state index < -0.39 is 0 Å². The predicted molar refractivity (Wildman–Crippen MR) is 77.6 cm³/mol. The second-order valence-electron chi connectivity index (χ2n) is 4.99. The van der Waals surface area contributed by atoms with Gasteiger partial charge in [-0.25, -0.2) is 4.68 Å². The van der Waals surface area contributed by atoms with E-state index in [2.05, 4.69) is 46.4 Å². The first-order chi connectivity index (χ1) is 10.3. The average molecular weight is 283 g/mol. The minimum atomic E-state index is 0.425. The lowest BCUT2D eigenvalue weighted by molar-refractivity contribution is 0.421. The quantitative estimate of drug-likeness (QED) is 0.720. The van der Waals surface area contributed by atoms with Crippen LogP contribution in [0.3, 0.4) is 0 Å². The molecule has 0 fully saturated rings. The zero-order valence-electron chi connectivity index (χ0n) is 12.2. The Kier molecular flexibility index (Phi) is 3.77. The normalized spacial score (nSPS) is 11.0. The van der Waals surface area contributed by atoms with E-state index in [9.17, 15) is 0 Å². The van der Waals surface area contributed by atoms with Crippen molar-refractivity contribution in [2.75, 3.05) is 0 Å². The van der Waals surface area contributed by atoms with Gasteiger partial charge in [0.05, 0.1) is 12.7 Å². The van der Waals surface area contributed by atoms with Crippen LogP contribution >= 0.6 is 0 Å². The molecule has 0 amide bonds. The maximum Gasteiger partial charge on any atom is 0.280 e. The lowest BCUT2D eigenvalue weighted by atomic mass is 10.1. The van der Waals surface area contributed by atoms with Crippen molar-refractivity contribution in [1.29, 1.82) is 0 Å². The molecule has 0 saturated carbocycles. The number of rotatable bonds is 5. The van der Waals surface area contributed by atoms with Crippen LogP contribution in [0.25, 0.3) is 11.6 Å². The molecular weight excluding hydrogens is 266 g/mol. The molecule has 2 heterocycles. The molecule has 6 heteroatoms. The summed E-state index contributed by atoms with van der Waals surface area (Å²) in [6.45, 7) is 4.84. The fourth-order valence-electron chi connectivity index (χ4n) is 2.12. The number of aromatic nitrogens is 5. The molecule has 3 aromatic rings. The van der Waals surface area contributed by atoms with E-state index in [1.54, 1.807) is 4.68 Å². The van der Waals surface area contributed by atoms with E-state index in [-0.39, 0.29) is 0 Å². The van der Waals surface area contributed by atoms with Gasteiger partial charge in [-0.15, -0.1) is 5.10 Å². The van der Waals surface area contributed by atoms with E-state index in [0.29, 0.717) is 24.0 Å². The Morgan fingerprint density at radius 1 is 1.24 bits per heavy atom. The molecule has 3 rings (SSSR count). The summed E-state index contributed by atoms with van der Waals surface area (Å²) < 4.78 is 6.99. The summed E-state index contributed by atoms with van der Waals surface area (Å²) in [4.78, 5) is 4.31. The molecule has 0 aliphatic carbocycles. The van der Waals surface area contributed by atoms with Gasteiger partial charge in [-0.05, 0) is 24.5 Å². The first kappa shape index (κ1) is 13.5. The predicted octanol–water partition coefficient (Wildman–Crippen LogP) is 2.64. The van der Waals surface area contributed by atoms with Gasteiger partial charge < -0.3 is 4.52 Å². The molecule has 0 bridgehead atoms. The van der Waals surface area contributed by atoms with Crippen LogP contribution < -0.4 is 0 Å². The molecule has 6 nitrogen and oxygen atoms in total. The first-order valence-electron chi connectivity index (χ1n) is 7.04. The number of hydrogen-bond acceptors (Lipinski definition) is 5. The largest absolute Gasteiger partial charge is 0.332 e. The van der Waals surface area contributed by atoms with E-state index in [4.69, 9.17) is 4.52 Å². The van der Waals surface area contributed by atoms with Crippen LogP contribution in [0.4, 0.5) is 0 Å². The number of nitrogens with zero attached hydrogens (tertiary/aromatic N) is 5. The Morgan fingerprint density at radius 3 is 2.90 bits per heavy atom. The second kappa shape index (κ2) is 5.87. The molecule has 21 heavy (non-hydrogen) atoms. The van der Waals surface area contributed by atoms with Crippen molar-refractivity contribution >= 4 is 0 Å².